The van der Waals surface area contributed by atoms with Crippen LogP contribution >= 0.6 is 11.6 Å². The number of anilines is 1. The van der Waals surface area contributed by atoms with Gasteiger partial charge in [-0.15, -0.1) is 0 Å². The molecule has 1 rings (SSSR count). The zero-order valence-corrected chi connectivity index (χ0v) is 12.8. The van der Waals surface area contributed by atoms with Crippen molar-refractivity contribution in [1.82, 2.24) is 0 Å². The first kappa shape index (κ1) is 15.8. The summed E-state index contributed by atoms with van der Waals surface area (Å²) in [7, 11) is 0. The van der Waals surface area contributed by atoms with Gasteiger partial charge in [0, 0.05) is 5.54 Å². The van der Waals surface area contributed by atoms with E-state index >= 15 is 0 Å². The van der Waals surface area contributed by atoms with E-state index in [4.69, 9.17) is 22.1 Å². The Morgan fingerprint density at radius 1 is 1.26 bits per heavy atom. The lowest BCUT2D eigenvalue weighted by Crippen LogP contribution is -2.29. The molecular weight excluding hydrogens is 264 g/mol. The quantitative estimate of drug-likeness (QED) is 0.866. The summed E-state index contributed by atoms with van der Waals surface area (Å²) in [6.07, 6.45) is -0.533. The normalized spacial score (nSPS) is 12.2. The number of hydrogen-bond acceptors (Lipinski definition) is 3. The molecule has 0 fully saturated rings. The fourth-order valence-corrected chi connectivity index (χ4v) is 1.66. The monoisotopic (exact) mass is 284 g/mol. The third-order valence-electron chi connectivity index (χ3n) is 2.35. The summed E-state index contributed by atoms with van der Waals surface area (Å²) in [5, 5.41) is 3.04. The molecule has 1 aromatic rings. The second-order valence-corrected chi connectivity index (χ2v) is 6.45. The summed E-state index contributed by atoms with van der Waals surface area (Å²) in [4.78, 5) is 11.6. The summed E-state index contributed by atoms with van der Waals surface area (Å²) in [5.74, 6) is 0. The van der Waals surface area contributed by atoms with Gasteiger partial charge in [-0.2, -0.15) is 0 Å². The Balaban J connectivity index is 2.84. The molecule has 3 N–H and O–H groups in total. The third-order valence-corrected chi connectivity index (χ3v) is 2.66. The standard InChI is InChI=1S/C14H21ClN2O2/c1-13(2,3)19-12(18)17-11-7-6-9(8-10(11)15)14(4,5)16/h6-8H,16H2,1-5H3,(H,17,18). The minimum atomic E-state index is -0.546. The van der Waals surface area contributed by atoms with Crippen molar-refractivity contribution in [2.75, 3.05) is 5.32 Å². The largest absolute Gasteiger partial charge is 0.444 e. The van der Waals surface area contributed by atoms with Crippen LogP contribution in [0, 0.1) is 0 Å². The number of nitrogens with two attached hydrogens (primary N) is 1. The van der Waals surface area contributed by atoms with Gasteiger partial charge in [-0.25, -0.2) is 4.79 Å². The number of ether oxygens (including phenoxy) is 1. The maximum absolute atomic E-state index is 11.6. The number of hydrogen-bond donors (Lipinski definition) is 2. The number of halogens is 1. The van der Waals surface area contributed by atoms with Crippen LogP contribution in [0.5, 0.6) is 0 Å². The summed E-state index contributed by atoms with van der Waals surface area (Å²) in [6, 6.07) is 5.29. The van der Waals surface area contributed by atoms with E-state index in [-0.39, 0.29) is 0 Å². The van der Waals surface area contributed by atoms with Gasteiger partial charge in [-0.1, -0.05) is 17.7 Å². The van der Waals surface area contributed by atoms with E-state index in [2.05, 4.69) is 5.32 Å². The molecule has 0 bridgehead atoms. The second kappa shape index (κ2) is 5.39. The molecule has 4 nitrogen and oxygen atoms in total. The first-order valence-electron chi connectivity index (χ1n) is 6.08. The van der Waals surface area contributed by atoms with Crippen LogP contribution in [0.25, 0.3) is 0 Å². The van der Waals surface area contributed by atoms with Crippen molar-refractivity contribution >= 4 is 23.4 Å². The van der Waals surface area contributed by atoms with E-state index in [1.165, 1.54) is 0 Å². The van der Waals surface area contributed by atoms with Gasteiger partial charge in [0.05, 0.1) is 10.7 Å². The van der Waals surface area contributed by atoms with Crippen LogP contribution in [0.3, 0.4) is 0 Å². The van der Waals surface area contributed by atoms with Gasteiger partial charge in [0.1, 0.15) is 5.60 Å². The lowest BCUT2D eigenvalue weighted by molar-refractivity contribution is 0.0636. The molecule has 1 amide bonds. The molecule has 0 aliphatic heterocycles. The number of amides is 1. The van der Waals surface area contributed by atoms with Crippen LogP contribution in [-0.4, -0.2) is 11.7 Å². The fourth-order valence-electron chi connectivity index (χ4n) is 1.43. The average molecular weight is 285 g/mol. The molecule has 5 heteroatoms. The van der Waals surface area contributed by atoms with Crippen LogP contribution in [0.2, 0.25) is 5.02 Å². The number of carbonyl (C=O) groups excluding carboxylic acids is 1. The van der Waals surface area contributed by atoms with Crippen LogP contribution in [0.4, 0.5) is 10.5 Å². The van der Waals surface area contributed by atoms with Gasteiger partial charge >= 0.3 is 6.09 Å². The molecule has 0 radical (unpaired) electrons. The van der Waals surface area contributed by atoms with Crippen LogP contribution in [0.15, 0.2) is 18.2 Å². The van der Waals surface area contributed by atoms with E-state index in [9.17, 15) is 4.79 Å². The molecule has 0 aromatic heterocycles. The van der Waals surface area contributed by atoms with E-state index < -0.39 is 17.2 Å². The molecule has 0 aliphatic rings. The van der Waals surface area contributed by atoms with Crippen molar-refractivity contribution in [3.05, 3.63) is 28.8 Å². The zero-order valence-electron chi connectivity index (χ0n) is 12.0. The zero-order chi connectivity index (χ0) is 14.8. The molecular formula is C14H21ClN2O2. The van der Waals surface area contributed by atoms with Gasteiger partial charge in [-0.05, 0) is 52.3 Å². The molecule has 0 spiro atoms. The van der Waals surface area contributed by atoms with Crippen molar-refractivity contribution in [3.63, 3.8) is 0 Å². The highest BCUT2D eigenvalue weighted by molar-refractivity contribution is 6.33. The number of benzene rings is 1. The Bertz CT molecular complexity index is 473. The number of rotatable bonds is 2. The maximum Gasteiger partial charge on any atom is 0.412 e. The van der Waals surface area contributed by atoms with Crippen LogP contribution in [-0.2, 0) is 10.3 Å². The van der Waals surface area contributed by atoms with E-state index in [0.29, 0.717) is 10.7 Å². The van der Waals surface area contributed by atoms with Crippen LogP contribution in [0.1, 0.15) is 40.2 Å². The van der Waals surface area contributed by atoms with Crippen LogP contribution < -0.4 is 11.1 Å². The highest BCUT2D eigenvalue weighted by atomic mass is 35.5. The molecule has 0 aliphatic carbocycles. The lowest BCUT2D eigenvalue weighted by Gasteiger charge is -2.22. The van der Waals surface area contributed by atoms with Crippen molar-refractivity contribution in [3.8, 4) is 0 Å². The second-order valence-electron chi connectivity index (χ2n) is 6.04. The Morgan fingerprint density at radius 3 is 2.26 bits per heavy atom. The highest BCUT2D eigenvalue weighted by Crippen LogP contribution is 2.27. The van der Waals surface area contributed by atoms with Gasteiger partial charge in [0.15, 0.2) is 0 Å². The lowest BCUT2D eigenvalue weighted by atomic mass is 9.95. The highest BCUT2D eigenvalue weighted by Gasteiger charge is 2.19. The van der Waals surface area contributed by atoms with Gasteiger partial charge in [0.2, 0.25) is 0 Å². The fraction of sp³-hybridized carbons (Fsp3) is 0.500. The summed E-state index contributed by atoms with van der Waals surface area (Å²) in [5.41, 5.74) is 6.36. The van der Waals surface area contributed by atoms with Gasteiger partial charge in [-0.3, -0.25) is 5.32 Å². The Morgan fingerprint density at radius 2 is 1.84 bits per heavy atom. The summed E-state index contributed by atoms with van der Waals surface area (Å²) < 4.78 is 5.16. The minimum Gasteiger partial charge on any atom is -0.444 e. The molecule has 0 saturated carbocycles. The van der Waals surface area contributed by atoms with Crippen molar-refractivity contribution in [1.29, 1.82) is 0 Å². The molecule has 19 heavy (non-hydrogen) atoms. The van der Waals surface area contributed by atoms with Crippen molar-refractivity contribution < 1.29 is 9.53 Å². The third kappa shape index (κ3) is 5.09. The first-order chi connectivity index (χ1) is 8.49. The number of carbonyl (C=O) groups is 1. The van der Waals surface area contributed by atoms with E-state index in [0.717, 1.165) is 5.56 Å². The SMILES string of the molecule is CC(C)(C)OC(=O)Nc1ccc(C(C)(C)N)cc1Cl. The molecule has 0 saturated heterocycles. The Kier molecular flexibility index (Phi) is 4.48. The Hall–Kier alpha value is -1.26. The molecule has 0 heterocycles. The van der Waals surface area contributed by atoms with Gasteiger partial charge < -0.3 is 10.5 Å². The van der Waals surface area contributed by atoms with E-state index in [1.807, 2.05) is 19.9 Å². The molecule has 0 atom stereocenters. The smallest absolute Gasteiger partial charge is 0.412 e. The summed E-state index contributed by atoms with van der Waals surface area (Å²) >= 11 is 6.12. The van der Waals surface area contributed by atoms with Crippen molar-refractivity contribution in [2.24, 2.45) is 5.73 Å². The van der Waals surface area contributed by atoms with Gasteiger partial charge in [0.25, 0.3) is 0 Å². The average Bonchev–Trinajstić information content (AvgIpc) is 2.16. The summed E-state index contributed by atoms with van der Waals surface area (Å²) in [6.45, 7) is 9.18. The maximum atomic E-state index is 11.6. The predicted molar refractivity (Wildman–Crippen MR) is 78.5 cm³/mol. The van der Waals surface area contributed by atoms with E-state index in [1.54, 1.807) is 32.9 Å². The predicted octanol–water partition coefficient (Wildman–Crippen LogP) is 3.88. The minimum absolute atomic E-state index is 0.432. The van der Waals surface area contributed by atoms with Crippen molar-refractivity contribution in [2.45, 2.75) is 45.8 Å². The topological polar surface area (TPSA) is 64.3 Å². The number of nitrogens with one attached hydrogen (secondary N) is 1. The Labute approximate surface area is 119 Å². The first-order valence-corrected chi connectivity index (χ1v) is 6.46. The molecule has 106 valence electrons. The molecule has 1 aromatic carbocycles. The molecule has 0 unspecified atom stereocenters.